The highest BCUT2D eigenvalue weighted by molar-refractivity contribution is 9.10. The smallest absolute Gasteiger partial charge is 0.475 e. The third-order valence-electron chi connectivity index (χ3n) is 5.89. The topological polar surface area (TPSA) is 194 Å². The summed E-state index contributed by atoms with van der Waals surface area (Å²) in [5, 5.41) is 21.3. The Bertz CT molecular complexity index is 1610. The number of imidazole rings is 1. The van der Waals surface area contributed by atoms with Gasteiger partial charge in [0.25, 0.3) is 0 Å². The fourth-order valence-corrected chi connectivity index (χ4v) is 5.91. The van der Waals surface area contributed by atoms with Crippen LogP contribution in [0, 0.1) is 0 Å². The van der Waals surface area contributed by atoms with Crippen molar-refractivity contribution in [1.82, 2.24) is 19.5 Å². The van der Waals surface area contributed by atoms with Gasteiger partial charge in [-0.15, -0.1) is 0 Å². The number of nitrogens with two attached hydrogens (primary N) is 1. The van der Waals surface area contributed by atoms with Crippen molar-refractivity contribution < 1.29 is 37.5 Å². The van der Waals surface area contributed by atoms with Gasteiger partial charge >= 0.3 is 13.4 Å². The summed E-state index contributed by atoms with van der Waals surface area (Å²) >= 11 is 3.21. The number of anilines is 1. The van der Waals surface area contributed by atoms with E-state index in [4.69, 9.17) is 28.5 Å². The number of hydrogen-bond acceptors (Lipinski definition) is 13. The van der Waals surface area contributed by atoms with Gasteiger partial charge in [0, 0.05) is 17.5 Å². The second-order valence-corrected chi connectivity index (χ2v) is 10.6. The Balaban J connectivity index is 1.23. The quantitative estimate of drug-likeness (QED) is 0.234. The second kappa shape index (κ2) is 8.59. The van der Waals surface area contributed by atoms with Gasteiger partial charge in [-0.2, -0.15) is 0 Å². The third kappa shape index (κ3) is 3.89. The van der Waals surface area contributed by atoms with E-state index in [2.05, 4.69) is 30.9 Å². The fourth-order valence-electron chi connectivity index (χ4n) is 4.19. The SMILES string of the molecule is Nc1ncnc2c1ncn2[C@@H]1O[C@@H]2COP(=O)(OCc3cc(=O)oc4cc(O)c(Br)cc34)O[C@H]2[C@H]1O. The van der Waals surface area contributed by atoms with Crippen LogP contribution in [0.15, 0.2) is 44.5 Å². The van der Waals surface area contributed by atoms with Crippen molar-refractivity contribution >= 4 is 51.7 Å². The number of nitrogen functional groups attached to an aromatic ring is 1. The van der Waals surface area contributed by atoms with Crippen molar-refractivity contribution in [2.45, 2.75) is 31.1 Å². The second-order valence-electron chi connectivity index (χ2n) is 8.12. The predicted octanol–water partition coefficient (Wildman–Crippen LogP) is 1.98. The molecule has 4 N–H and O–H groups in total. The summed E-state index contributed by atoms with van der Waals surface area (Å²) in [7, 11) is -4.16. The molecule has 0 aliphatic carbocycles. The van der Waals surface area contributed by atoms with E-state index >= 15 is 0 Å². The Labute approximate surface area is 209 Å². The Morgan fingerprint density at radius 3 is 2.94 bits per heavy atom. The van der Waals surface area contributed by atoms with Gasteiger partial charge in [-0.05, 0) is 27.6 Å². The van der Waals surface area contributed by atoms with Crippen LogP contribution in [0.1, 0.15) is 11.8 Å². The Kier molecular flexibility index (Phi) is 5.60. The molecule has 5 atom stereocenters. The number of fused-ring (bicyclic) bond motifs is 3. The highest BCUT2D eigenvalue weighted by atomic mass is 79.9. The van der Waals surface area contributed by atoms with Gasteiger partial charge in [0.15, 0.2) is 17.7 Å². The zero-order valence-corrected chi connectivity index (χ0v) is 20.5. The molecule has 5 heterocycles. The van der Waals surface area contributed by atoms with Gasteiger partial charge in [0.2, 0.25) is 0 Å². The van der Waals surface area contributed by atoms with E-state index in [9.17, 15) is 19.6 Å². The zero-order chi connectivity index (χ0) is 25.2. The minimum atomic E-state index is -4.16. The van der Waals surface area contributed by atoms with Crippen molar-refractivity contribution in [1.29, 1.82) is 0 Å². The maximum atomic E-state index is 13.2. The molecule has 0 amide bonds. The monoisotopic (exact) mass is 581 g/mol. The number of hydrogen-bond donors (Lipinski definition) is 3. The Morgan fingerprint density at radius 1 is 1.28 bits per heavy atom. The Hall–Kier alpha value is -2.91. The number of aromatic hydroxyl groups is 1. The lowest BCUT2D eigenvalue weighted by atomic mass is 10.1. The zero-order valence-electron chi connectivity index (χ0n) is 18.1. The van der Waals surface area contributed by atoms with Crippen LogP contribution in [-0.2, 0) is 29.5 Å². The number of phenolic OH excluding ortho intramolecular Hbond substituents is 1. The van der Waals surface area contributed by atoms with Crippen molar-refractivity contribution in [3.63, 3.8) is 0 Å². The van der Waals surface area contributed by atoms with Crippen LogP contribution in [-0.4, -0.2) is 54.7 Å². The van der Waals surface area contributed by atoms with Gasteiger partial charge in [-0.25, -0.2) is 24.3 Å². The van der Waals surface area contributed by atoms with E-state index in [1.165, 1.54) is 35.4 Å². The normalized spacial score (nSPS) is 28.1. The molecule has 3 aromatic heterocycles. The molecule has 2 aliphatic rings. The molecule has 0 radical (unpaired) electrons. The lowest BCUT2D eigenvalue weighted by Crippen LogP contribution is -2.39. The summed E-state index contributed by atoms with van der Waals surface area (Å²) in [5.74, 6) is 0.0527. The minimum Gasteiger partial charge on any atom is -0.507 e. The third-order valence-corrected chi connectivity index (χ3v) is 7.94. The van der Waals surface area contributed by atoms with Crippen LogP contribution in [0.25, 0.3) is 22.1 Å². The first-order chi connectivity index (χ1) is 17.2. The van der Waals surface area contributed by atoms with Crippen molar-refractivity contribution in [2.24, 2.45) is 0 Å². The van der Waals surface area contributed by atoms with E-state index in [1.807, 2.05) is 0 Å². The number of ether oxygens (including phenoxy) is 1. The lowest BCUT2D eigenvalue weighted by molar-refractivity contribution is -0.0714. The van der Waals surface area contributed by atoms with Crippen LogP contribution >= 0.6 is 23.8 Å². The maximum Gasteiger partial charge on any atom is 0.475 e. The highest BCUT2D eigenvalue weighted by Gasteiger charge is 2.53. The fraction of sp³-hybridized carbons (Fsp3) is 0.300. The average molecular weight is 582 g/mol. The molecule has 2 saturated heterocycles. The maximum absolute atomic E-state index is 13.2. The van der Waals surface area contributed by atoms with E-state index in [-0.39, 0.29) is 30.4 Å². The van der Waals surface area contributed by atoms with Gasteiger partial charge in [-0.1, -0.05) is 0 Å². The molecule has 2 fully saturated rings. The molecule has 1 unspecified atom stereocenters. The molecule has 14 nitrogen and oxygen atoms in total. The molecule has 0 spiro atoms. The molecule has 16 heteroatoms. The number of halogens is 1. The van der Waals surface area contributed by atoms with E-state index in [1.54, 1.807) is 0 Å². The van der Waals surface area contributed by atoms with E-state index in [0.29, 0.717) is 26.6 Å². The number of phosphoric acid groups is 1. The number of aliphatic hydroxyl groups is 1. The molecule has 2 aliphatic heterocycles. The first-order valence-electron chi connectivity index (χ1n) is 10.5. The van der Waals surface area contributed by atoms with Gasteiger partial charge in [0.05, 0.1) is 24.0 Å². The number of nitrogens with zero attached hydrogens (tertiary/aromatic N) is 4. The van der Waals surface area contributed by atoms with Crippen molar-refractivity contribution in [2.75, 3.05) is 12.3 Å². The van der Waals surface area contributed by atoms with Crippen LogP contribution in [0.2, 0.25) is 0 Å². The molecular formula is C20H17BrN5O9P. The summed E-state index contributed by atoms with van der Waals surface area (Å²) < 4.78 is 42.5. The molecule has 36 heavy (non-hydrogen) atoms. The molecule has 6 rings (SSSR count). The first kappa shape index (κ1) is 23.5. The standard InChI is InChI=1S/C20H17BrN5O9P/c21-10-2-9-8(1-14(28)33-12(9)3-11(10)27)4-31-36(30)32-5-13-17(35-36)16(29)20(34-13)26-7-25-15-18(22)23-6-24-19(15)26/h1-3,6-7,13,16-17,20,27,29H,4-5H2,(H2,22,23,24)/t13-,16-,17-,20-,36?/m1/s1. The highest BCUT2D eigenvalue weighted by Crippen LogP contribution is 2.57. The molecule has 188 valence electrons. The summed E-state index contributed by atoms with van der Waals surface area (Å²) in [6.07, 6.45) is -1.37. The largest absolute Gasteiger partial charge is 0.507 e. The molecule has 0 saturated carbocycles. The number of benzene rings is 1. The lowest BCUT2D eigenvalue weighted by Gasteiger charge is -2.30. The molecule has 1 aromatic carbocycles. The average Bonchev–Trinajstić information content (AvgIpc) is 3.40. The summed E-state index contributed by atoms with van der Waals surface area (Å²) in [4.78, 5) is 24.2. The minimum absolute atomic E-state index is 0.116. The number of aromatic nitrogens is 4. The van der Waals surface area contributed by atoms with E-state index < -0.39 is 38.0 Å². The number of phosphoric ester groups is 1. The summed E-state index contributed by atoms with van der Waals surface area (Å²) in [6.45, 7) is -0.521. The number of aliphatic hydroxyl groups excluding tert-OH is 1. The molecular weight excluding hydrogens is 565 g/mol. The van der Waals surface area contributed by atoms with Crippen molar-refractivity contribution in [3.05, 3.63) is 51.3 Å². The molecule has 0 bridgehead atoms. The predicted molar refractivity (Wildman–Crippen MR) is 125 cm³/mol. The van der Waals surface area contributed by atoms with Gasteiger partial charge in [-0.3, -0.25) is 18.1 Å². The van der Waals surface area contributed by atoms with Gasteiger partial charge < -0.3 is 25.1 Å². The summed E-state index contributed by atoms with van der Waals surface area (Å²) in [5.41, 5.74) is 6.27. The summed E-state index contributed by atoms with van der Waals surface area (Å²) in [6, 6.07) is 3.98. The van der Waals surface area contributed by atoms with Gasteiger partial charge in [0.1, 0.15) is 41.5 Å². The van der Waals surface area contributed by atoms with Crippen LogP contribution < -0.4 is 11.4 Å². The van der Waals surface area contributed by atoms with Crippen molar-refractivity contribution in [3.8, 4) is 5.75 Å². The number of rotatable bonds is 4. The number of phenols is 1. The Morgan fingerprint density at radius 2 is 2.11 bits per heavy atom. The van der Waals surface area contributed by atoms with Crippen LogP contribution in [0.3, 0.4) is 0 Å². The van der Waals surface area contributed by atoms with Crippen LogP contribution in [0.4, 0.5) is 5.82 Å². The molecule has 4 aromatic rings. The first-order valence-corrected chi connectivity index (χ1v) is 12.8. The van der Waals surface area contributed by atoms with Crippen LogP contribution in [0.5, 0.6) is 5.75 Å². The van der Waals surface area contributed by atoms with E-state index in [0.717, 1.165) is 0 Å².